The predicted molar refractivity (Wildman–Crippen MR) is 95.4 cm³/mol. The van der Waals surface area contributed by atoms with Gasteiger partial charge >= 0.3 is 0 Å². The molecule has 116 valence electrons. The van der Waals surface area contributed by atoms with Crippen LogP contribution in [0.5, 0.6) is 5.75 Å². The summed E-state index contributed by atoms with van der Waals surface area (Å²) in [6, 6.07) is 16.4. The van der Waals surface area contributed by atoms with E-state index in [4.69, 9.17) is 17.0 Å². The van der Waals surface area contributed by atoms with Gasteiger partial charge in [-0.05, 0) is 36.4 Å². The zero-order valence-electron chi connectivity index (χ0n) is 12.2. The molecule has 2 aromatic rings. The molecule has 0 saturated carbocycles. The first-order valence-corrected chi connectivity index (χ1v) is 8.12. The van der Waals surface area contributed by atoms with Crippen molar-refractivity contribution in [2.24, 2.45) is 10.2 Å². The van der Waals surface area contributed by atoms with Crippen LogP contribution in [0.1, 0.15) is 0 Å². The molecule has 0 radical (unpaired) electrons. The fourth-order valence-electron chi connectivity index (χ4n) is 2.05. The van der Waals surface area contributed by atoms with Gasteiger partial charge in [0.25, 0.3) is 5.91 Å². The smallest absolute Gasteiger partial charge is 0.270 e. The molecular weight excluding hydrogens is 330 g/mol. The number of hydrogen-bond acceptors (Lipinski definition) is 6. The molecule has 3 rings (SSSR count). The molecule has 1 amide bonds. The lowest BCUT2D eigenvalue weighted by molar-refractivity contribution is -0.116. The molecule has 0 aromatic heterocycles. The number of hydrogen-bond donors (Lipinski definition) is 0. The maximum absolute atomic E-state index is 12.5. The zero-order chi connectivity index (χ0) is 16.2. The third-order valence-electron chi connectivity index (χ3n) is 3.19. The van der Waals surface area contributed by atoms with E-state index in [1.54, 1.807) is 31.4 Å². The van der Waals surface area contributed by atoms with Crippen molar-refractivity contribution in [1.82, 2.24) is 0 Å². The number of thiocarbonyl (C=S) groups is 1. The van der Waals surface area contributed by atoms with Crippen molar-refractivity contribution in [3.05, 3.63) is 54.6 Å². The molecule has 0 N–H and O–H groups in total. The van der Waals surface area contributed by atoms with Crippen LogP contribution in [-0.2, 0) is 4.79 Å². The van der Waals surface area contributed by atoms with Gasteiger partial charge in [0, 0.05) is 0 Å². The summed E-state index contributed by atoms with van der Waals surface area (Å²) < 4.78 is 5.59. The van der Waals surface area contributed by atoms with E-state index in [0.717, 1.165) is 5.75 Å². The number of carbonyl (C=O) groups excluding carboxylic acids is 1. The summed E-state index contributed by atoms with van der Waals surface area (Å²) in [5.74, 6) is 0.532. The number of methoxy groups -OCH3 is 1. The second-order valence-corrected chi connectivity index (χ2v) is 6.37. The Hall–Kier alpha value is -2.25. The Balaban J connectivity index is 1.78. The minimum atomic E-state index is -0.648. The number of thioether (sulfide) groups is 1. The average molecular weight is 343 g/mol. The highest BCUT2D eigenvalue weighted by Gasteiger charge is 2.38. The fourth-order valence-corrected chi connectivity index (χ4v) is 3.31. The maximum Gasteiger partial charge on any atom is 0.270 e. The van der Waals surface area contributed by atoms with Crippen molar-refractivity contribution in [3.63, 3.8) is 0 Å². The highest BCUT2D eigenvalue weighted by Crippen LogP contribution is 2.34. The summed E-state index contributed by atoms with van der Waals surface area (Å²) >= 11 is 6.53. The summed E-state index contributed by atoms with van der Waals surface area (Å²) in [4.78, 5) is 14.0. The van der Waals surface area contributed by atoms with Gasteiger partial charge in [0.05, 0.1) is 18.5 Å². The van der Waals surface area contributed by atoms with E-state index < -0.39 is 5.37 Å². The Morgan fingerprint density at radius 2 is 1.83 bits per heavy atom. The lowest BCUT2D eigenvalue weighted by atomic mass is 10.3. The average Bonchev–Trinajstić information content (AvgIpc) is 2.88. The number of anilines is 1. The molecule has 1 saturated heterocycles. The normalized spacial score (nSPS) is 18.0. The number of amides is 1. The van der Waals surface area contributed by atoms with Crippen molar-refractivity contribution in [2.45, 2.75) is 5.37 Å². The van der Waals surface area contributed by atoms with Crippen molar-refractivity contribution < 1.29 is 9.53 Å². The monoisotopic (exact) mass is 343 g/mol. The van der Waals surface area contributed by atoms with Gasteiger partial charge in [0.1, 0.15) is 10.1 Å². The first-order valence-electron chi connectivity index (χ1n) is 6.83. The van der Waals surface area contributed by atoms with Gasteiger partial charge in [-0.1, -0.05) is 42.2 Å². The van der Waals surface area contributed by atoms with Crippen LogP contribution in [0.25, 0.3) is 0 Å². The van der Waals surface area contributed by atoms with Gasteiger partial charge < -0.3 is 4.74 Å². The van der Waals surface area contributed by atoms with Crippen LogP contribution in [0.3, 0.4) is 0 Å². The van der Waals surface area contributed by atoms with Crippen LogP contribution in [0.2, 0.25) is 0 Å². The number of ether oxygens (including phenoxy) is 1. The first-order chi connectivity index (χ1) is 11.2. The lowest BCUT2D eigenvalue weighted by Crippen LogP contribution is -2.30. The second-order valence-electron chi connectivity index (χ2n) is 4.66. The molecule has 0 aliphatic carbocycles. The minimum absolute atomic E-state index is 0.190. The number of nitrogens with zero attached hydrogens (tertiary/aromatic N) is 3. The second kappa shape index (κ2) is 6.89. The third-order valence-corrected chi connectivity index (χ3v) is 4.57. The molecule has 1 heterocycles. The van der Waals surface area contributed by atoms with Gasteiger partial charge in [-0.3, -0.25) is 9.69 Å². The Bertz CT molecular complexity index is 748. The SMILES string of the molecule is COc1ccc(N2C(=O)C(N=Nc3ccccc3)SC2=S)cc1. The summed E-state index contributed by atoms with van der Waals surface area (Å²) in [6.07, 6.45) is 0. The maximum atomic E-state index is 12.5. The zero-order valence-corrected chi connectivity index (χ0v) is 13.9. The Labute approximate surface area is 143 Å². The molecule has 0 bridgehead atoms. The van der Waals surface area contributed by atoms with Crippen LogP contribution in [0.15, 0.2) is 64.8 Å². The lowest BCUT2D eigenvalue weighted by Gasteiger charge is -2.15. The molecule has 7 heteroatoms. The minimum Gasteiger partial charge on any atom is -0.497 e. The summed E-state index contributed by atoms with van der Waals surface area (Å²) in [6.45, 7) is 0. The molecule has 1 unspecified atom stereocenters. The largest absolute Gasteiger partial charge is 0.497 e. The van der Waals surface area contributed by atoms with Gasteiger partial charge in [-0.2, -0.15) is 10.2 Å². The molecule has 1 atom stereocenters. The molecule has 1 fully saturated rings. The van der Waals surface area contributed by atoms with Gasteiger partial charge in [0.15, 0.2) is 0 Å². The molecule has 0 spiro atoms. The molecule has 1 aliphatic rings. The number of azo groups is 1. The Morgan fingerprint density at radius 3 is 2.48 bits per heavy atom. The van der Waals surface area contributed by atoms with Crippen LogP contribution >= 0.6 is 24.0 Å². The van der Waals surface area contributed by atoms with E-state index in [0.29, 0.717) is 15.7 Å². The van der Waals surface area contributed by atoms with Crippen molar-refractivity contribution in [2.75, 3.05) is 12.0 Å². The van der Waals surface area contributed by atoms with Gasteiger partial charge in [-0.15, -0.1) is 0 Å². The number of rotatable bonds is 4. The quantitative estimate of drug-likeness (QED) is 0.617. The van der Waals surface area contributed by atoms with Gasteiger partial charge in [0.2, 0.25) is 5.37 Å². The van der Waals surface area contributed by atoms with Crippen molar-refractivity contribution in [1.29, 1.82) is 0 Å². The van der Waals surface area contributed by atoms with Gasteiger partial charge in [-0.25, -0.2) is 0 Å². The van der Waals surface area contributed by atoms with Crippen LogP contribution in [0.4, 0.5) is 11.4 Å². The van der Waals surface area contributed by atoms with Crippen LogP contribution in [-0.4, -0.2) is 22.7 Å². The standard InChI is InChI=1S/C16H13N3O2S2/c1-21-13-9-7-12(8-10-13)19-15(20)14(23-16(19)22)18-17-11-5-3-2-4-6-11/h2-10,14H,1H3. The number of carbonyl (C=O) groups is 1. The summed E-state index contributed by atoms with van der Waals surface area (Å²) in [5, 5.41) is 7.58. The highest BCUT2D eigenvalue weighted by atomic mass is 32.2. The topological polar surface area (TPSA) is 54.3 Å². The summed E-state index contributed by atoms with van der Waals surface area (Å²) in [7, 11) is 1.59. The highest BCUT2D eigenvalue weighted by molar-refractivity contribution is 8.25. The van der Waals surface area contributed by atoms with E-state index >= 15 is 0 Å². The van der Waals surface area contributed by atoms with E-state index in [-0.39, 0.29) is 5.91 Å². The van der Waals surface area contributed by atoms with E-state index in [1.165, 1.54) is 16.7 Å². The third kappa shape index (κ3) is 3.40. The van der Waals surface area contributed by atoms with E-state index in [9.17, 15) is 4.79 Å². The van der Waals surface area contributed by atoms with E-state index in [2.05, 4.69) is 10.2 Å². The number of benzene rings is 2. The molecular formula is C16H13N3O2S2. The van der Waals surface area contributed by atoms with Crippen LogP contribution < -0.4 is 9.64 Å². The van der Waals surface area contributed by atoms with Crippen molar-refractivity contribution >= 4 is 45.6 Å². The molecule has 2 aromatic carbocycles. The Morgan fingerprint density at radius 1 is 1.13 bits per heavy atom. The summed E-state index contributed by atoms with van der Waals surface area (Å²) in [5.41, 5.74) is 1.40. The fraction of sp³-hybridized carbons (Fsp3) is 0.125. The van der Waals surface area contributed by atoms with E-state index in [1.807, 2.05) is 30.3 Å². The first kappa shape index (κ1) is 15.6. The Kier molecular flexibility index (Phi) is 4.68. The molecule has 1 aliphatic heterocycles. The van der Waals surface area contributed by atoms with Crippen LogP contribution in [0, 0.1) is 0 Å². The predicted octanol–water partition coefficient (Wildman–Crippen LogP) is 4.17. The molecule has 23 heavy (non-hydrogen) atoms. The molecule has 5 nitrogen and oxygen atoms in total. The van der Waals surface area contributed by atoms with Crippen molar-refractivity contribution in [3.8, 4) is 5.75 Å².